The van der Waals surface area contributed by atoms with Gasteiger partial charge in [-0.1, -0.05) is 279 Å². The quantitative estimate of drug-likeness (QED) is 0.0367. The van der Waals surface area contributed by atoms with E-state index in [-0.39, 0.29) is 75.5 Å². The summed E-state index contributed by atoms with van der Waals surface area (Å²) in [6, 6.07) is 97.8. The van der Waals surface area contributed by atoms with Gasteiger partial charge in [-0.2, -0.15) is 0 Å². The zero-order valence-corrected chi connectivity index (χ0v) is 53.2. The number of benzene rings is 11. The summed E-state index contributed by atoms with van der Waals surface area (Å²) in [6.45, 7) is 1.96. The Kier molecular flexibility index (Phi) is 23.4. The van der Waals surface area contributed by atoms with Crippen molar-refractivity contribution in [2.45, 2.75) is 103 Å². The number of hydrogen-bond donors (Lipinski definition) is 0. The number of rotatable bonds is 33. The van der Waals surface area contributed by atoms with Crippen molar-refractivity contribution < 1.29 is 52.2 Å². The molecule has 0 spiro atoms. The Labute approximate surface area is 557 Å². The van der Waals surface area contributed by atoms with E-state index in [1.54, 1.807) is 0 Å². The van der Waals surface area contributed by atoms with E-state index in [0.29, 0.717) is 49.1 Å². The van der Waals surface area contributed by atoms with Crippen LogP contribution in [0.2, 0.25) is 0 Å². The van der Waals surface area contributed by atoms with Crippen molar-refractivity contribution in [3.05, 3.63) is 364 Å². The Morgan fingerprint density at radius 2 is 0.653 bits per heavy atom. The second-order valence-corrected chi connectivity index (χ2v) is 23.4. The van der Waals surface area contributed by atoms with Gasteiger partial charge in [-0.05, 0) is 74.2 Å². The van der Waals surface area contributed by atoms with E-state index in [1.165, 1.54) is 0 Å². The molecular weight excluding hydrogens is 1180 g/mol. The van der Waals surface area contributed by atoms with E-state index in [9.17, 15) is 0 Å². The zero-order chi connectivity index (χ0) is 64.5. The van der Waals surface area contributed by atoms with Crippen molar-refractivity contribution in [3.8, 4) is 28.7 Å². The summed E-state index contributed by atoms with van der Waals surface area (Å²) < 4.78 is 71.0. The first-order valence-electron chi connectivity index (χ1n) is 32.5. The van der Waals surface area contributed by atoms with Gasteiger partial charge >= 0.3 is 0 Å². The van der Waals surface area contributed by atoms with Gasteiger partial charge in [-0.15, -0.1) is 0 Å². The van der Waals surface area contributed by atoms with E-state index in [1.807, 2.05) is 297 Å². The standard InChI is InChI=1S/C84H78O11/c85-72(48-46-62-47-49-73(87-53-64-30-12-2-13-31-64)74(50-62)88-54-65-32-14-3-15-33-65)78-75(89-55-66-34-16-4-17-35-66)51-76(90-56-67-36-18-5-19-37-67)79(81(78)92-58-69-40-22-7-23-41-69)82-84(94-60-71-44-26-9-27-45-71)83(93-59-70-42-24-8-25-43-70)80(91-57-68-38-20-6-21-39-68)77(95-82)61-86-52-63-28-10-1-11-29-63/h1-45,47,49-51,77,80,82-84H,46,48,52-61H2. The molecule has 1 aliphatic heterocycles. The Hall–Kier alpha value is -10.1. The van der Waals surface area contributed by atoms with Crippen LogP contribution in [0, 0.1) is 0 Å². The van der Waals surface area contributed by atoms with Crippen LogP contribution < -0.4 is 23.7 Å². The molecule has 11 nitrogen and oxygen atoms in total. The molecule has 1 saturated heterocycles. The largest absolute Gasteiger partial charge is 0.488 e. The SMILES string of the molecule is O=C(CCc1ccc(OCc2ccccc2)c(OCc2ccccc2)c1)c1c(OCc2ccccc2)cc(OCc2ccccc2)c(C2OC(COCc3ccccc3)C(OCc3ccccc3)C(OCc3ccccc3)C2OCc2ccccc2)c1OCc1ccccc1. The molecule has 12 rings (SSSR count). The number of hydrogen-bond acceptors (Lipinski definition) is 11. The van der Waals surface area contributed by atoms with E-state index in [4.69, 9.17) is 47.4 Å². The third kappa shape index (κ3) is 18.6. The minimum Gasteiger partial charge on any atom is -0.488 e. The highest BCUT2D eigenvalue weighted by molar-refractivity contribution is 6.02. The van der Waals surface area contributed by atoms with Crippen LogP contribution in [-0.4, -0.2) is 36.8 Å². The summed E-state index contributed by atoms with van der Waals surface area (Å²) >= 11 is 0. The van der Waals surface area contributed by atoms with Crippen LogP contribution in [0.15, 0.2) is 297 Å². The summed E-state index contributed by atoms with van der Waals surface area (Å²) in [5.74, 6) is 1.75. The maximum Gasteiger partial charge on any atom is 0.170 e. The van der Waals surface area contributed by atoms with E-state index in [0.717, 1.165) is 55.6 Å². The average molecular weight is 1260 g/mol. The molecule has 0 saturated carbocycles. The first-order valence-corrected chi connectivity index (χ1v) is 32.5. The highest BCUT2D eigenvalue weighted by Crippen LogP contribution is 2.50. The van der Waals surface area contributed by atoms with Crippen LogP contribution in [-0.2, 0) is 89.6 Å². The molecule has 0 radical (unpaired) electrons. The molecule has 11 heteroatoms. The molecule has 1 fully saturated rings. The number of carbonyl (C=O) groups is 1. The van der Waals surface area contributed by atoms with Crippen LogP contribution in [0.4, 0.5) is 0 Å². The first kappa shape index (κ1) is 65.0. The van der Waals surface area contributed by atoms with Crippen LogP contribution in [0.1, 0.15) is 84.1 Å². The molecule has 11 aromatic rings. The molecule has 0 amide bonds. The van der Waals surface area contributed by atoms with Crippen LogP contribution in [0.3, 0.4) is 0 Å². The average Bonchev–Trinajstić information content (AvgIpc) is 0.747. The smallest absolute Gasteiger partial charge is 0.170 e. The Morgan fingerprint density at radius 3 is 1.08 bits per heavy atom. The van der Waals surface area contributed by atoms with Crippen molar-refractivity contribution in [1.29, 1.82) is 0 Å². The van der Waals surface area contributed by atoms with Crippen molar-refractivity contribution in [1.82, 2.24) is 0 Å². The summed E-state index contributed by atoms with van der Waals surface area (Å²) in [5, 5.41) is 0. The van der Waals surface area contributed by atoms with Gasteiger partial charge in [-0.25, -0.2) is 0 Å². The third-order valence-corrected chi connectivity index (χ3v) is 16.5. The predicted molar refractivity (Wildman–Crippen MR) is 368 cm³/mol. The molecule has 0 aliphatic carbocycles. The molecule has 0 N–H and O–H groups in total. The summed E-state index contributed by atoms with van der Waals surface area (Å²) in [4.78, 5) is 16.3. The van der Waals surface area contributed by atoms with Crippen LogP contribution in [0.25, 0.3) is 0 Å². The van der Waals surface area contributed by atoms with Gasteiger partial charge in [0.25, 0.3) is 0 Å². The fourth-order valence-electron chi connectivity index (χ4n) is 11.6. The van der Waals surface area contributed by atoms with E-state index >= 15 is 4.79 Å². The van der Waals surface area contributed by atoms with E-state index in [2.05, 4.69) is 0 Å². The molecule has 5 atom stereocenters. The fourth-order valence-corrected chi connectivity index (χ4v) is 11.6. The monoisotopic (exact) mass is 1260 g/mol. The highest BCUT2D eigenvalue weighted by Gasteiger charge is 2.51. The molecule has 1 heterocycles. The number of ketones is 1. The van der Waals surface area contributed by atoms with Crippen molar-refractivity contribution in [2.75, 3.05) is 6.61 Å². The lowest BCUT2D eigenvalue weighted by molar-refractivity contribution is -0.275. The lowest BCUT2D eigenvalue weighted by atomic mass is 9.87. The minimum atomic E-state index is -1.08. The first-order chi connectivity index (χ1) is 47.0. The fraction of sp³-hybridized carbons (Fsp3) is 0.202. The summed E-state index contributed by atoms with van der Waals surface area (Å²) in [6.07, 6.45) is -4.12. The van der Waals surface area contributed by atoms with Gasteiger partial charge < -0.3 is 47.4 Å². The molecule has 5 unspecified atom stereocenters. The van der Waals surface area contributed by atoms with Gasteiger partial charge in [0.2, 0.25) is 0 Å². The van der Waals surface area contributed by atoms with Gasteiger partial charge in [-0.3, -0.25) is 4.79 Å². The second kappa shape index (κ2) is 34.2. The third-order valence-electron chi connectivity index (χ3n) is 16.5. The lowest BCUT2D eigenvalue weighted by Gasteiger charge is -2.47. The molecular formula is C84H78O11. The Morgan fingerprint density at radius 1 is 0.305 bits per heavy atom. The van der Waals surface area contributed by atoms with Gasteiger partial charge in [0.05, 0.1) is 38.6 Å². The molecule has 0 aromatic heterocycles. The maximum atomic E-state index is 16.3. The molecule has 95 heavy (non-hydrogen) atoms. The zero-order valence-electron chi connectivity index (χ0n) is 53.2. The molecule has 480 valence electrons. The Balaban J connectivity index is 1.02. The van der Waals surface area contributed by atoms with Crippen molar-refractivity contribution >= 4 is 5.78 Å². The van der Waals surface area contributed by atoms with Crippen LogP contribution in [0.5, 0.6) is 28.7 Å². The van der Waals surface area contributed by atoms with Gasteiger partial charge in [0.1, 0.15) is 86.4 Å². The summed E-state index contributed by atoms with van der Waals surface area (Å²) in [5.41, 5.74) is 10.0. The minimum absolute atomic E-state index is 0.0308. The predicted octanol–water partition coefficient (Wildman–Crippen LogP) is 17.8. The lowest BCUT2D eigenvalue weighted by Crippen LogP contribution is -2.58. The second-order valence-electron chi connectivity index (χ2n) is 23.4. The maximum absolute atomic E-state index is 16.3. The van der Waals surface area contributed by atoms with Gasteiger partial charge in [0, 0.05) is 12.5 Å². The number of aryl methyl sites for hydroxylation is 1. The highest BCUT2D eigenvalue weighted by atomic mass is 16.6. The topological polar surface area (TPSA) is 109 Å². The number of ether oxygens (including phenoxy) is 10. The molecule has 11 aromatic carbocycles. The number of Topliss-reactive ketones (excluding diaryl/α,β-unsaturated/α-hetero) is 1. The van der Waals surface area contributed by atoms with Gasteiger partial charge in [0.15, 0.2) is 17.3 Å². The normalized spacial score (nSPS) is 15.9. The summed E-state index contributed by atoms with van der Waals surface area (Å²) in [7, 11) is 0. The molecule has 1 aliphatic rings. The Bertz CT molecular complexity index is 4060. The van der Waals surface area contributed by atoms with Crippen molar-refractivity contribution in [3.63, 3.8) is 0 Å². The van der Waals surface area contributed by atoms with Crippen LogP contribution >= 0.6 is 0 Å². The molecule has 0 bridgehead atoms. The number of carbonyl (C=O) groups excluding carboxylic acids is 1. The van der Waals surface area contributed by atoms with E-state index < -0.39 is 30.5 Å². The van der Waals surface area contributed by atoms with Crippen molar-refractivity contribution in [2.24, 2.45) is 0 Å².